The van der Waals surface area contributed by atoms with Crippen molar-refractivity contribution in [3.8, 4) is 0 Å². The average Bonchev–Trinajstić information content (AvgIpc) is 2.41. The predicted molar refractivity (Wildman–Crippen MR) is 90.7 cm³/mol. The van der Waals surface area contributed by atoms with Gasteiger partial charge in [0.25, 0.3) is 0 Å². The zero-order valence-corrected chi connectivity index (χ0v) is 14.6. The highest BCUT2D eigenvalue weighted by Crippen LogP contribution is 2.32. The molecule has 106 valence electrons. The van der Waals surface area contributed by atoms with Gasteiger partial charge in [-0.3, -0.25) is 0 Å². The second-order valence-corrected chi connectivity index (χ2v) is 6.40. The highest BCUT2D eigenvalue weighted by molar-refractivity contribution is 9.10. The van der Waals surface area contributed by atoms with Crippen LogP contribution in [0.3, 0.4) is 0 Å². The third-order valence-corrected chi connectivity index (χ3v) is 5.03. The normalized spacial score (nSPS) is 12.5. The summed E-state index contributed by atoms with van der Waals surface area (Å²) in [5.41, 5.74) is 6.16. The summed E-state index contributed by atoms with van der Waals surface area (Å²) in [7, 11) is 1.99. The van der Waals surface area contributed by atoms with Gasteiger partial charge in [0.1, 0.15) is 0 Å². The monoisotopic (exact) mass is 351 g/mol. The minimum atomic E-state index is 0.153. The molecule has 0 aliphatic carbocycles. The summed E-state index contributed by atoms with van der Waals surface area (Å²) in [6.45, 7) is 6.33. The summed E-state index contributed by atoms with van der Waals surface area (Å²) in [5, 5.41) is 4.23. The van der Waals surface area contributed by atoms with Crippen molar-refractivity contribution in [3.05, 3.63) is 67.6 Å². The molecule has 0 radical (unpaired) electrons. The van der Waals surface area contributed by atoms with Crippen LogP contribution in [0.1, 0.15) is 33.9 Å². The fourth-order valence-corrected chi connectivity index (χ4v) is 3.17. The summed E-state index contributed by atoms with van der Waals surface area (Å²) in [4.78, 5) is 0. The smallest absolute Gasteiger partial charge is 0.0580 e. The SMILES string of the molecule is CNC(c1cc(C)c(Br)cc1C)c1cccc(Cl)c1C. The fourth-order valence-electron chi connectivity index (χ4n) is 2.53. The summed E-state index contributed by atoms with van der Waals surface area (Å²) < 4.78 is 1.15. The molecule has 1 N–H and O–H groups in total. The van der Waals surface area contributed by atoms with Crippen molar-refractivity contribution in [3.63, 3.8) is 0 Å². The minimum absolute atomic E-state index is 0.153. The van der Waals surface area contributed by atoms with E-state index in [4.69, 9.17) is 11.6 Å². The third-order valence-electron chi connectivity index (χ3n) is 3.77. The van der Waals surface area contributed by atoms with Gasteiger partial charge in [0.2, 0.25) is 0 Å². The number of hydrogen-bond donors (Lipinski definition) is 1. The summed E-state index contributed by atoms with van der Waals surface area (Å²) in [6.07, 6.45) is 0. The quantitative estimate of drug-likeness (QED) is 0.786. The van der Waals surface area contributed by atoms with Gasteiger partial charge in [-0.05, 0) is 67.8 Å². The Morgan fingerprint density at radius 1 is 1.05 bits per heavy atom. The van der Waals surface area contributed by atoms with Crippen LogP contribution in [0.4, 0.5) is 0 Å². The first-order chi connectivity index (χ1) is 9.45. The Balaban J connectivity index is 2.58. The van der Waals surface area contributed by atoms with Crippen LogP contribution in [-0.2, 0) is 0 Å². The molecule has 0 saturated carbocycles. The van der Waals surface area contributed by atoms with Gasteiger partial charge >= 0.3 is 0 Å². The van der Waals surface area contributed by atoms with E-state index in [2.05, 4.69) is 60.2 Å². The first-order valence-corrected chi connectivity index (χ1v) is 7.81. The van der Waals surface area contributed by atoms with E-state index in [1.165, 1.54) is 22.3 Å². The standard InChI is InChI=1S/C17H19BrClN/c1-10-9-15(18)11(2)8-14(10)17(20-4)13-6-5-7-16(19)12(13)3/h5-9,17,20H,1-4H3. The molecule has 1 atom stereocenters. The highest BCUT2D eigenvalue weighted by Gasteiger charge is 2.18. The zero-order chi connectivity index (χ0) is 14.9. The van der Waals surface area contributed by atoms with Gasteiger partial charge in [0, 0.05) is 9.50 Å². The van der Waals surface area contributed by atoms with Crippen molar-refractivity contribution in [2.24, 2.45) is 0 Å². The molecule has 0 aromatic heterocycles. The molecule has 1 unspecified atom stereocenters. The van der Waals surface area contributed by atoms with E-state index in [0.29, 0.717) is 0 Å². The maximum absolute atomic E-state index is 6.26. The van der Waals surface area contributed by atoms with Gasteiger partial charge < -0.3 is 5.32 Å². The van der Waals surface area contributed by atoms with Gasteiger partial charge in [0.15, 0.2) is 0 Å². The van der Waals surface area contributed by atoms with Gasteiger partial charge in [-0.25, -0.2) is 0 Å². The van der Waals surface area contributed by atoms with Crippen LogP contribution in [0, 0.1) is 20.8 Å². The van der Waals surface area contributed by atoms with E-state index in [9.17, 15) is 0 Å². The molecule has 0 bridgehead atoms. The van der Waals surface area contributed by atoms with Crippen LogP contribution < -0.4 is 5.32 Å². The second-order valence-electron chi connectivity index (χ2n) is 5.13. The first kappa shape index (κ1) is 15.6. The van der Waals surface area contributed by atoms with Crippen molar-refractivity contribution in [1.29, 1.82) is 0 Å². The lowest BCUT2D eigenvalue weighted by atomic mass is 9.91. The second kappa shape index (κ2) is 6.30. The van der Waals surface area contributed by atoms with Crippen molar-refractivity contribution in [1.82, 2.24) is 5.32 Å². The maximum atomic E-state index is 6.26. The molecule has 0 heterocycles. The average molecular weight is 353 g/mol. The Bertz CT molecular complexity index is 637. The lowest BCUT2D eigenvalue weighted by Crippen LogP contribution is -2.20. The zero-order valence-electron chi connectivity index (χ0n) is 12.2. The van der Waals surface area contributed by atoms with Gasteiger partial charge in [-0.2, -0.15) is 0 Å². The summed E-state index contributed by atoms with van der Waals surface area (Å²) in [6, 6.07) is 10.7. The Hall–Kier alpha value is -0.830. The predicted octanol–water partition coefficient (Wildman–Crippen LogP) is 5.34. The van der Waals surface area contributed by atoms with E-state index in [0.717, 1.165) is 15.1 Å². The highest BCUT2D eigenvalue weighted by atomic mass is 79.9. The van der Waals surface area contributed by atoms with E-state index < -0.39 is 0 Å². The van der Waals surface area contributed by atoms with Crippen LogP contribution in [-0.4, -0.2) is 7.05 Å². The minimum Gasteiger partial charge on any atom is -0.309 e. The molecule has 0 spiro atoms. The molecule has 2 rings (SSSR count). The third kappa shape index (κ3) is 2.93. The molecule has 0 aliphatic heterocycles. The number of rotatable bonds is 3. The Morgan fingerprint density at radius 2 is 1.75 bits per heavy atom. The Morgan fingerprint density at radius 3 is 2.40 bits per heavy atom. The molecular weight excluding hydrogens is 334 g/mol. The summed E-state index contributed by atoms with van der Waals surface area (Å²) in [5.74, 6) is 0. The maximum Gasteiger partial charge on any atom is 0.0580 e. The molecule has 2 aromatic rings. The number of hydrogen-bond acceptors (Lipinski definition) is 1. The number of benzene rings is 2. The lowest BCUT2D eigenvalue weighted by Gasteiger charge is -2.23. The molecule has 0 amide bonds. The van der Waals surface area contributed by atoms with Gasteiger partial charge in [-0.1, -0.05) is 45.7 Å². The lowest BCUT2D eigenvalue weighted by molar-refractivity contribution is 0.682. The van der Waals surface area contributed by atoms with Crippen LogP contribution in [0.2, 0.25) is 5.02 Å². The topological polar surface area (TPSA) is 12.0 Å². The van der Waals surface area contributed by atoms with Crippen molar-refractivity contribution in [2.75, 3.05) is 7.05 Å². The molecule has 0 fully saturated rings. The molecule has 0 aliphatic rings. The molecule has 2 aromatic carbocycles. The fraction of sp³-hybridized carbons (Fsp3) is 0.294. The van der Waals surface area contributed by atoms with Crippen molar-refractivity contribution >= 4 is 27.5 Å². The van der Waals surface area contributed by atoms with Crippen molar-refractivity contribution < 1.29 is 0 Å². The number of halogens is 2. The van der Waals surface area contributed by atoms with Crippen LogP contribution in [0.25, 0.3) is 0 Å². The van der Waals surface area contributed by atoms with Crippen LogP contribution in [0.5, 0.6) is 0 Å². The number of aryl methyl sites for hydroxylation is 2. The number of nitrogens with one attached hydrogen (secondary N) is 1. The molecular formula is C17H19BrClN. The molecule has 1 nitrogen and oxygen atoms in total. The van der Waals surface area contributed by atoms with Crippen molar-refractivity contribution in [2.45, 2.75) is 26.8 Å². The molecule has 20 heavy (non-hydrogen) atoms. The van der Waals surface area contributed by atoms with E-state index in [-0.39, 0.29) is 6.04 Å². The Kier molecular flexibility index (Phi) is 4.90. The summed E-state index contributed by atoms with van der Waals surface area (Å²) >= 11 is 9.86. The molecule has 0 saturated heterocycles. The van der Waals surface area contributed by atoms with Gasteiger partial charge in [0.05, 0.1) is 6.04 Å². The van der Waals surface area contributed by atoms with E-state index in [1.807, 2.05) is 19.2 Å². The van der Waals surface area contributed by atoms with Crippen LogP contribution >= 0.6 is 27.5 Å². The largest absolute Gasteiger partial charge is 0.309 e. The van der Waals surface area contributed by atoms with Crippen LogP contribution in [0.15, 0.2) is 34.8 Å². The van der Waals surface area contributed by atoms with E-state index in [1.54, 1.807) is 0 Å². The van der Waals surface area contributed by atoms with Gasteiger partial charge in [-0.15, -0.1) is 0 Å². The Labute approximate surface area is 134 Å². The molecule has 3 heteroatoms. The first-order valence-electron chi connectivity index (χ1n) is 6.64. The van der Waals surface area contributed by atoms with E-state index >= 15 is 0 Å².